The van der Waals surface area contributed by atoms with Crippen LogP contribution in [-0.4, -0.2) is 20.8 Å². The van der Waals surface area contributed by atoms with Crippen molar-refractivity contribution in [3.8, 4) is 5.88 Å². The summed E-state index contributed by atoms with van der Waals surface area (Å²) in [5.41, 5.74) is 0.993. The van der Waals surface area contributed by atoms with Crippen LogP contribution in [0, 0.1) is 0 Å². The highest BCUT2D eigenvalue weighted by Crippen LogP contribution is 2.29. The molecule has 1 aromatic heterocycles. The van der Waals surface area contributed by atoms with Crippen LogP contribution in [0.15, 0.2) is 36.8 Å². The summed E-state index contributed by atoms with van der Waals surface area (Å²) in [5.74, 6) is 0.205. The van der Waals surface area contributed by atoms with Gasteiger partial charge in [-0.15, -0.1) is 0 Å². The molecule has 0 spiro atoms. The molecule has 0 aliphatic carbocycles. The van der Waals surface area contributed by atoms with Crippen LogP contribution in [0.4, 0.5) is 4.79 Å². The van der Waals surface area contributed by atoms with Gasteiger partial charge in [-0.2, -0.15) is 0 Å². The summed E-state index contributed by atoms with van der Waals surface area (Å²) in [5, 5.41) is 9.39. The molecule has 1 atom stereocenters. The Hall–Kier alpha value is -2.01. The Labute approximate surface area is 121 Å². The van der Waals surface area contributed by atoms with E-state index in [0.717, 1.165) is 18.4 Å². The molecule has 1 heterocycles. The van der Waals surface area contributed by atoms with Crippen molar-refractivity contribution in [2.75, 3.05) is 0 Å². The molecule has 1 unspecified atom stereocenters. The Morgan fingerprint density at radius 2 is 2.35 bits per heavy atom. The van der Waals surface area contributed by atoms with E-state index in [4.69, 9.17) is 21.4 Å². The second-order valence-corrected chi connectivity index (χ2v) is 4.80. The predicted molar refractivity (Wildman–Crippen MR) is 75.4 cm³/mol. The van der Waals surface area contributed by atoms with Crippen LogP contribution in [-0.2, 0) is 0 Å². The topological polar surface area (TPSA) is 64.4 Å². The van der Waals surface area contributed by atoms with E-state index in [1.165, 1.54) is 6.20 Å². The lowest BCUT2D eigenvalue weighted by molar-refractivity contribution is 0.140. The fourth-order valence-electron chi connectivity index (χ4n) is 2.15. The minimum absolute atomic E-state index is 0.0597. The number of halogens is 1. The monoisotopic (exact) mass is 294 g/mol. The molecule has 0 saturated heterocycles. The average molecular weight is 295 g/mol. The molecule has 20 heavy (non-hydrogen) atoms. The molecule has 2 rings (SSSR count). The Morgan fingerprint density at radius 1 is 1.55 bits per heavy atom. The van der Waals surface area contributed by atoms with Crippen molar-refractivity contribution in [1.82, 2.24) is 9.55 Å². The quantitative estimate of drug-likeness (QED) is 0.847. The minimum atomic E-state index is -1.35. The van der Waals surface area contributed by atoms with E-state index < -0.39 is 6.16 Å². The lowest BCUT2D eigenvalue weighted by atomic mass is 10.0. The van der Waals surface area contributed by atoms with E-state index in [0.29, 0.717) is 5.02 Å². The Bertz CT molecular complexity index is 598. The van der Waals surface area contributed by atoms with Gasteiger partial charge in [-0.3, -0.25) is 4.57 Å². The standard InChI is InChI=1S/C14H15ClN2O3/c1-2-4-12(10-5-3-6-11(15)7-10)17-9-16-8-13(17)20-14(18)19/h3,5-9,12H,2,4H2,1H3,(H,18,19). The van der Waals surface area contributed by atoms with Crippen molar-refractivity contribution in [2.45, 2.75) is 25.8 Å². The minimum Gasteiger partial charge on any atom is -0.449 e. The normalized spacial score (nSPS) is 12.1. The SMILES string of the molecule is CCCC(c1cccc(Cl)c1)n1cncc1OC(=O)O. The van der Waals surface area contributed by atoms with Crippen molar-refractivity contribution in [1.29, 1.82) is 0 Å². The maximum absolute atomic E-state index is 10.7. The van der Waals surface area contributed by atoms with E-state index in [2.05, 4.69) is 11.9 Å². The van der Waals surface area contributed by atoms with Gasteiger partial charge in [-0.25, -0.2) is 9.78 Å². The van der Waals surface area contributed by atoms with Gasteiger partial charge in [0.25, 0.3) is 0 Å². The van der Waals surface area contributed by atoms with Gasteiger partial charge in [0.1, 0.15) is 0 Å². The Kier molecular flexibility index (Phi) is 4.63. The predicted octanol–water partition coefficient (Wildman–Crippen LogP) is 3.98. The molecule has 106 valence electrons. The summed E-state index contributed by atoms with van der Waals surface area (Å²) < 4.78 is 6.46. The van der Waals surface area contributed by atoms with Gasteiger partial charge in [-0.1, -0.05) is 37.1 Å². The molecule has 1 aromatic carbocycles. The van der Waals surface area contributed by atoms with Crippen LogP contribution in [0.3, 0.4) is 0 Å². The molecule has 0 aliphatic rings. The maximum atomic E-state index is 10.7. The fourth-order valence-corrected chi connectivity index (χ4v) is 2.35. The molecule has 1 N–H and O–H groups in total. The number of carboxylic acid groups (broad SMARTS) is 1. The van der Waals surface area contributed by atoms with Crippen LogP contribution in [0.25, 0.3) is 0 Å². The second-order valence-electron chi connectivity index (χ2n) is 4.37. The number of hydrogen-bond donors (Lipinski definition) is 1. The molecular formula is C14H15ClN2O3. The van der Waals surface area contributed by atoms with Crippen LogP contribution in [0.1, 0.15) is 31.4 Å². The average Bonchev–Trinajstić information content (AvgIpc) is 2.83. The van der Waals surface area contributed by atoms with Gasteiger partial charge >= 0.3 is 6.16 Å². The van der Waals surface area contributed by atoms with E-state index in [1.807, 2.05) is 18.2 Å². The number of imidazole rings is 1. The zero-order chi connectivity index (χ0) is 14.5. The van der Waals surface area contributed by atoms with Gasteiger partial charge in [0, 0.05) is 5.02 Å². The van der Waals surface area contributed by atoms with Crippen molar-refractivity contribution >= 4 is 17.8 Å². The molecule has 0 bridgehead atoms. The number of rotatable bonds is 5. The first-order chi connectivity index (χ1) is 9.61. The number of nitrogens with zero attached hydrogens (tertiary/aromatic N) is 2. The summed E-state index contributed by atoms with van der Waals surface area (Å²) in [6.45, 7) is 2.06. The third-order valence-electron chi connectivity index (χ3n) is 2.95. The number of benzene rings is 1. The van der Waals surface area contributed by atoms with Gasteiger partial charge in [-0.05, 0) is 24.1 Å². The highest BCUT2D eigenvalue weighted by molar-refractivity contribution is 6.30. The summed E-state index contributed by atoms with van der Waals surface area (Å²) in [7, 11) is 0. The molecular weight excluding hydrogens is 280 g/mol. The number of carbonyl (C=O) groups is 1. The first-order valence-corrected chi connectivity index (χ1v) is 6.67. The molecule has 0 radical (unpaired) electrons. The molecule has 0 saturated carbocycles. The number of aromatic nitrogens is 2. The maximum Gasteiger partial charge on any atom is 0.512 e. The zero-order valence-corrected chi connectivity index (χ0v) is 11.7. The van der Waals surface area contributed by atoms with Crippen molar-refractivity contribution < 1.29 is 14.6 Å². The largest absolute Gasteiger partial charge is 0.512 e. The second kappa shape index (κ2) is 6.43. The third-order valence-corrected chi connectivity index (χ3v) is 3.19. The molecule has 0 aliphatic heterocycles. The highest BCUT2D eigenvalue weighted by Gasteiger charge is 2.18. The van der Waals surface area contributed by atoms with Crippen LogP contribution in [0.5, 0.6) is 5.88 Å². The number of ether oxygens (including phenoxy) is 1. The molecule has 0 fully saturated rings. The van der Waals surface area contributed by atoms with Crippen molar-refractivity contribution in [3.05, 3.63) is 47.4 Å². The number of hydrogen-bond acceptors (Lipinski definition) is 3. The van der Waals surface area contributed by atoms with Gasteiger partial charge in [0.15, 0.2) is 0 Å². The molecule has 0 amide bonds. The molecule has 5 nitrogen and oxygen atoms in total. The smallest absolute Gasteiger partial charge is 0.449 e. The molecule has 2 aromatic rings. The summed E-state index contributed by atoms with van der Waals surface area (Å²) >= 11 is 6.02. The third kappa shape index (κ3) is 3.30. The molecule has 6 heteroatoms. The van der Waals surface area contributed by atoms with E-state index >= 15 is 0 Å². The Morgan fingerprint density at radius 3 is 3.00 bits per heavy atom. The van der Waals surface area contributed by atoms with Crippen molar-refractivity contribution in [3.63, 3.8) is 0 Å². The highest BCUT2D eigenvalue weighted by atomic mass is 35.5. The van der Waals surface area contributed by atoms with Crippen molar-refractivity contribution in [2.24, 2.45) is 0 Å². The lowest BCUT2D eigenvalue weighted by Gasteiger charge is -2.20. The fraction of sp³-hybridized carbons (Fsp3) is 0.286. The van der Waals surface area contributed by atoms with Gasteiger partial charge < -0.3 is 9.84 Å². The van der Waals surface area contributed by atoms with Crippen LogP contribution < -0.4 is 4.74 Å². The summed E-state index contributed by atoms with van der Waals surface area (Å²) in [6.07, 6.45) is 3.36. The Balaban J connectivity index is 2.38. The van der Waals surface area contributed by atoms with Gasteiger partial charge in [0.05, 0.1) is 18.6 Å². The van der Waals surface area contributed by atoms with E-state index in [-0.39, 0.29) is 11.9 Å². The lowest BCUT2D eigenvalue weighted by Crippen LogP contribution is -2.14. The zero-order valence-electron chi connectivity index (χ0n) is 11.0. The first kappa shape index (κ1) is 14.4. The van der Waals surface area contributed by atoms with Crippen LogP contribution >= 0.6 is 11.6 Å². The first-order valence-electron chi connectivity index (χ1n) is 6.30. The summed E-state index contributed by atoms with van der Waals surface area (Å²) in [6, 6.07) is 7.44. The van der Waals surface area contributed by atoms with E-state index in [9.17, 15) is 4.79 Å². The van der Waals surface area contributed by atoms with E-state index in [1.54, 1.807) is 17.0 Å². The summed E-state index contributed by atoms with van der Waals surface area (Å²) in [4.78, 5) is 14.7. The van der Waals surface area contributed by atoms with Crippen LogP contribution in [0.2, 0.25) is 5.02 Å². The van der Waals surface area contributed by atoms with Gasteiger partial charge in [0.2, 0.25) is 5.88 Å².